The van der Waals surface area contributed by atoms with Crippen molar-refractivity contribution >= 4 is 32.7 Å². The van der Waals surface area contributed by atoms with Gasteiger partial charge in [0, 0.05) is 13.0 Å². The van der Waals surface area contributed by atoms with Crippen molar-refractivity contribution in [1.82, 2.24) is 5.32 Å². The Labute approximate surface area is 131 Å². The molecular formula is C16H16BrNO3. The number of hydrogen-bond donors (Lipinski definition) is 1. The zero-order valence-corrected chi connectivity index (χ0v) is 13.2. The second-order valence-corrected chi connectivity index (χ2v) is 5.94. The minimum atomic E-state index is -0.278. The number of hydrogen-bond acceptors (Lipinski definition) is 4. The molecule has 1 aliphatic heterocycles. The summed E-state index contributed by atoms with van der Waals surface area (Å²) in [4.78, 5) is 11.5. The van der Waals surface area contributed by atoms with Crippen LogP contribution in [0.4, 0.5) is 0 Å². The third-order valence-electron chi connectivity index (χ3n) is 3.67. The molecule has 1 saturated heterocycles. The van der Waals surface area contributed by atoms with Crippen LogP contribution in [0.1, 0.15) is 6.42 Å². The van der Waals surface area contributed by atoms with E-state index in [1.807, 2.05) is 24.3 Å². The SMILES string of the molecule is COC(=O)[C@@H]1C[C@@H](Oc2cc3ccccc3cc2Br)CN1. The lowest BCUT2D eigenvalue weighted by molar-refractivity contribution is -0.142. The highest BCUT2D eigenvalue weighted by atomic mass is 79.9. The van der Waals surface area contributed by atoms with Gasteiger partial charge in [-0.2, -0.15) is 0 Å². The Morgan fingerprint density at radius 3 is 2.71 bits per heavy atom. The molecule has 110 valence electrons. The van der Waals surface area contributed by atoms with Crippen LogP contribution in [0.25, 0.3) is 10.8 Å². The maximum atomic E-state index is 11.5. The largest absolute Gasteiger partial charge is 0.488 e. The molecule has 0 amide bonds. The molecule has 0 bridgehead atoms. The number of nitrogens with one attached hydrogen (secondary N) is 1. The molecule has 2 aromatic rings. The Kier molecular flexibility index (Phi) is 4.12. The van der Waals surface area contributed by atoms with Crippen molar-refractivity contribution in [3.63, 3.8) is 0 Å². The fourth-order valence-electron chi connectivity index (χ4n) is 2.58. The van der Waals surface area contributed by atoms with E-state index in [0.29, 0.717) is 13.0 Å². The standard InChI is InChI=1S/C16H16BrNO3/c1-20-16(19)14-8-12(9-18-14)21-15-7-11-5-3-2-4-10(11)6-13(15)17/h2-7,12,14,18H,8-9H2,1H3/t12-,14+/m1/s1. The first-order valence-electron chi connectivity index (χ1n) is 6.83. The topological polar surface area (TPSA) is 47.6 Å². The van der Waals surface area contributed by atoms with Gasteiger partial charge in [-0.15, -0.1) is 0 Å². The Morgan fingerprint density at radius 1 is 1.29 bits per heavy atom. The predicted molar refractivity (Wildman–Crippen MR) is 84.5 cm³/mol. The third-order valence-corrected chi connectivity index (χ3v) is 4.29. The zero-order chi connectivity index (χ0) is 14.8. The molecule has 0 aromatic heterocycles. The van der Waals surface area contributed by atoms with Gasteiger partial charge < -0.3 is 14.8 Å². The molecule has 0 unspecified atom stereocenters. The first-order valence-corrected chi connectivity index (χ1v) is 7.63. The van der Waals surface area contributed by atoms with Crippen LogP contribution in [-0.2, 0) is 9.53 Å². The monoisotopic (exact) mass is 349 g/mol. The molecule has 2 aromatic carbocycles. The zero-order valence-electron chi connectivity index (χ0n) is 11.6. The maximum absolute atomic E-state index is 11.5. The van der Waals surface area contributed by atoms with E-state index in [2.05, 4.69) is 33.4 Å². The van der Waals surface area contributed by atoms with Crippen LogP contribution in [0.2, 0.25) is 0 Å². The molecule has 21 heavy (non-hydrogen) atoms. The maximum Gasteiger partial charge on any atom is 0.323 e. The molecule has 1 N–H and O–H groups in total. The molecule has 0 aliphatic carbocycles. The lowest BCUT2D eigenvalue weighted by Crippen LogP contribution is -2.31. The Morgan fingerprint density at radius 2 is 2.00 bits per heavy atom. The van der Waals surface area contributed by atoms with Crippen LogP contribution in [0.5, 0.6) is 5.75 Å². The van der Waals surface area contributed by atoms with Crippen LogP contribution in [0.3, 0.4) is 0 Å². The Balaban J connectivity index is 1.76. The number of esters is 1. The molecule has 2 atom stereocenters. The van der Waals surface area contributed by atoms with Crippen molar-refractivity contribution in [3.05, 3.63) is 40.9 Å². The van der Waals surface area contributed by atoms with E-state index in [1.165, 1.54) is 7.11 Å². The summed E-state index contributed by atoms with van der Waals surface area (Å²) in [5.74, 6) is 0.560. The van der Waals surface area contributed by atoms with E-state index in [9.17, 15) is 4.79 Å². The molecule has 0 spiro atoms. The van der Waals surface area contributed by atoms with Gasteiger partial charge >= 0.3 is 5.97 Å². The number of ether oxygens (including phenoxy) is 2. The van der Waals surface area contributed by atoms with Gasteiger partial charge in [0.25, 0.3) is 0 Å². The van der Waals surface area contributed by atoms with Crippen molar-refractivity contribution < 1.29 is 14.3 Å². The summed E-state index contributed by atoms with van der Waals surface area (Å²) in [6.07, 6.45) is 0.581. The Bertz CT molecular complexity index is 674. The van der Waals surface area contributed by atoms with Crippen molar-refractivity contribution in [1.29, 1.82) is 0 Å². The molecule has 1 fully saturated rings. The van der Waals surface area contributed by atoms with Gasteiger partial charge in [-0.1, -0.05) is 24.3 Å². The summed E-state index contributed by atoms with van der Waals surface area (Å²) < 4.78 is 11.7. The highest BCUT2D eigenvalue weighted by Crippen LogP contribution is 2.32. The summed E-state index contributed by atoms with van der Waals surface area (Å²) in [7, 11) is 1.40. The number of halogens is 1. The van der Waals surface area contributed by atoms with Crippen LogP contribution in [0.15, 0.2) is 40.9 Å². The van der Waals surface area contributed by atoms with Crippen LogP contribution < -0.4 is 10.1 Å². The average molecular weight is 350 g/mol. The second-order valence-electron chi connectivity index (χ2n) is 5.09. The number of benzene rings is 2. The molecule has 0 radical (unpaired) electrons. The fourth-order valence-corrected chi connectivity index (χ4v) is 3.03. The minimum Gasteiger partial charge on any atom is -0.488 e. The number of rotatable bonds is 3. The average Bonchev–Trinajstić information content (AvgIpc) is 2.96. The number of fused-ring (bicyclic) bond motifs is 1. The van der Waals surface area contributed by atoms with Crippen LogP contribution in [0, 0.1) is 0 Å². The molecule has 0 saturated carbocycles. The number of carbonyl (C=O) groups is 1. The van der Waals surface area contributed by atoms with Gasteiger partial charge in [-0.3, -0.25) is 4.79 Å². The molecule has 3 rings (SSSR count). The van der Waals surface area contributed by atoms with Crippen LogP contribution in [-0.4, -0.2) is 31.8 Å². The third kappa shape index (κ3) is 3.04. The first-order chi connectivity index (χ1) is 10.2. The lowest BCUT2D eigenvalue weighted by atomic mass is 10.1. The molecule has 5 heteroatoms. The van der Waals surface area contributed by atoms with E-state index in [0.717, 1.165) is 21.0 Å². The lowest BCUT2D eigenvalue weighted by Gasteiger charge is -2.15. The quantitative estimate of drug-likeness (QED) is 0.865. The van der Waals surface area contributed by atoms with Gasteiger partial charge in [-0.25, -0.2) is 0 Å². The minimum absolute atomic E-state index is 0.0356. The summed E-state index contributed by atoms with van der Waals surface area (Å²) in [6, 6.07) is 11.9. The van der Waals surface area contributed by atoms with Crippen LogP contribution >= 0.6 is 15.9 Å². The van der Waals surface area contributed by atoms with Gasteiger partial charge in [0.2, 0.25) is 0 Å². The number of methoxy groups -OCH3 is 1. The van der Waals surface area contributed by atoms with E-state index in [1.54, 1.807) is 0 Å². The van der Waals surface area contributed by atoms with E-state index in [-0.39, 0.29) is 18.1 Å². The summed E-state index contributed by atoms with van der Waals surface area (Å²) in [5, 5.41) is 5.41. The van der Waals surface area contributed by atoms with E-state index in [4.69, 9.17) is 9.47 Å². The predicted octanol–water partition coefficient (Wildman–Crippen LogP) is 2.88. The molecule has 1 heterocycles. The summed E-state index contributed by atoms with van der Waals surface area (Å²) in [5.41, 5.74) is 0. The molecule has 1 aliphatic rings. The van der Waals surface area contributed by atoms with Gasteiger partial charge in [-0.05, 0) is 38.8 Å². The highest BCUT2D eigenvalue weighted by molar-refractivity contribution is 9.10. The fraction of sp³-hybridized carbons (Fsp3) is 0.312. The summed E-state index contributed by atoms with van der Waals surface area (Å²) in [6.45, 7) is 0.638. The molecule has 4 nitrogen and oxygen atoms in total. The Hall–Kier alpha value is -1.59. The first kappa shape index (κ1) is 14.4. The van der Waals surface area contributed by atoms with Gasteiger partial charge in [0.1, 0.15) is 17.9 Å². The highest BCUT2D eigenvalue weighted by Gasteiger charge is 2.31. The normalized spacial score (nSPS) is 21.4. The smallest absolute Gasteiger partial charge is 0.323 e. The number of carbonyl (C=O) groups excluding carboxylic acids is 1. The van der Waals surface area contributed by atoms with Crippen molar-refractivity contribution in [2.24, 2.45) is 0 Å². The second kappa shape index (κ2) is 6.03. The van der Waals surface area contributed by atoms with Crippen molar-refractivity contribution in [2.75, 3.05) is 13.7 Å². The van der Waals surface area contributed by atoms with Gasteiger partial charge in [0.05, 0.1) is 11.6 Å². The summed E-state index contributed by atoms with van der Waals surface area (Å²) >= 11 is 3.55. The van der Waals surface area contributed by atoms with Crippen molar-refractivity contribution in [3.8, 4) is 5.75 Å². The molecular weight excluding hydrogens is 334 g/mol. The van der Waals surface area contributed by atoms with E-state index >= 15 is 0 Å². The van der Waals surface area contributed by atoms with Gasteiger partial charge in [0.15, 0.2) is 0 Å². The van der Waals surface area contributed by atoms with E-state index < -0.39 is 0 Å². The van der Waals surface area contributed by atoms with Crippen molar-refractivity contribution in [2.45, 2.75) is 18.6 Å².